The molecule has 102 valence electrons. The molecule has 0 aliphatic rings. The van der Waals surface area contributed by atoms with Crippen molar-refractivity contribution in [1.29, 1.82) is 0 Å². The zero-order valence-electron chi connectivity index (χ0n) is 11.4. The number of aryl methyl sites for hydroxylation is 1. The van der Waals surface area contributed by atoms with E-state index in [4.69, 9.17) is 11.6 Å². The second-order valence-corrected chi connectivity index (χ2v) is 5.21. The van der Waals surface area contributed by atoms with Crippen LogP contribution < -0.4 is 0 Å². The Morgan fingerprint density at radius 2 is 2.10 bits per heavy atom. The molecule has 0 bridgehead atoms. The highest BCUT2D eigenvalue weighted by atomic mass is 35.5. The number of rotatable bonds is 4. The van der Waals surface area contributed by atoms with Gasteiger partial charge in [0.1, 0.15) is 11.0 Å². The second kappa shape index (κ2) is 5.63. The number of hydrogen-bond donors (Lipinski definition) is 0. The van der Waals surface area contributed by atoms with E-state index < -0.39 is 0 Å². The van der Waals surface area contributed by atoms with Gasteiger partial charge in [-0.1, -0.05) is 36.7 Å². The third-order valence-electron chi connectivity index (χ3n) is 3.37. The average molecular weight is 286 g/mol. The third kappa shape index (κ3) is 2.54. The van der Waals surface area contributed by atoms with E-state index in [9.17, 15) is 0 Å². The van der Waals surface area contributed by atoms with Crippen LogP contribution in [0, 0.1) is 0 Å². The number of benzene rings is 1. The molecule has 3 aromatic rings. The smallest absolute Gasteiger partial charge is 0.134 e. The molecule has 0 aliphatic carbocycles. The Balaban J connectivity index is 1.97. The fraction of sp³-hybridized carbons (Fsp3) is 0.250. The van der Waals surface area contributed by atoms with Crippen LogP contribution in [0.1, 0.15) is 24.7 Å². The fourth-order valence-electron chi connectivity index (χ4n) is 2.37. The molecule has 3 nitrogen and oxygen atoms in total. The average Bonchev–Trinajstić information content (AvgIpc) is 2.87. The number of imidazole rings is 1. The van der Waals surface area contributed by atoms with Gasteiger partial charge in [0.25, 0.3) is 0 Å². The van der Waals surface area contributed by atoms with E-state index in [1.807, 2.05) is 30.6 Å². The zero-order valence-corrected chi connectivity index (χ0v) is 12.1. The van der Waals surface area contributed by atoms with Crippen LogP contribution in [0.15, 0.2) is 42.7 Å². The van der Waals surface area contributed by atoms with Gasteiger partial charge in [-0.2, -0.15) is 0 Å². The molecule has 0 unspecified atom stereocenters. The summed E-state index contributed by atoms with van der Waals surface area (Å²) in [7, 11) is 0. The SMILES string of the molecule is CCCc1nccn1Cc1cc2ccccc2nc1Cl. The molecule has 0 aliphatic heterocycles. The van der Waals surface area contributed by atoms with Crippen molar-refractivity contribution < 1.29 is 0 Å². The highest BCUT2D eigenvalue weighted by Crippen LogP contribution is 2.21. The minimum Gasteiger partial charge on any atom is -0.330 e. The van der Waals surface area contributed by atoms with Crippen LogP contribution in [0.2, 0.25) is 5.15 Å². The topological polar surface area (TPSA) is 30.7 Å². The molecule has 0 fully saturated rings. The van der Waals surface area contributed by atoms with Crippen molar-refractivity contribution in [3.8, 4) is 0 Å². The Bertz CT molecular complexity index is 733. The predicted octanol–water partition coefficient (Wildman–Crippen LogP) is 4.09. The zero-order chi connectivity index (χ0) is 13.9. The minimum atomic E-state index is 0.569. The maximum absolute atomic E-state index is 6.30. The summed E-state index contributed by atoms with van der Waals surface area (Å²) in [5.74, 6) is 1.09. The van der Waals surface area contributed by atoms with Gasteiger partial charge in [0, 0.05) is 29.8 Å². The fourth-order valence-corrected chi connectivity index (χ4v) is 2.57. The predicted molar refractivity (Wildman–Crippen MR) is 82.1 cm³/mol. The van der Waals surface area contributed by atoms with Crippen molar-refractivity contribution in [3.05, 3.63) is 59.3 Å². The van der Waals surface area contributed by atoms with E-state index in [2.05, 4.69) is 33.6 Å². The first-order valence-corrected chi connectivity index (χ1v) is 7.20. The molecular formula is C16H16ClN3. The lowest BCUT2D eigenvalue weighted by Crippen LogP contribution is -2.05. The molecule has 3 rings (SSSR count). The summed E-state index contributed by atoms with van der Waals surface area (Å²) in [6.07, 6.45) is 5.90. The summed E-state index contributed by atoms with van der Waals surface area (Å²) in [5, 5.41) is 1.68. The Morgan fingerprint density at radius 3 is 2.95 bits per heavy atom. The molecule has 0 amide bonds. The third-order valence-corrected chi connectivity index (χ3v) is 3.69. The summed E-state index contributed by atoms with van der Waals surface area (Å²) < 4.78 is 2.14. The number of fused-ring (bicyclic) bond motifs is 1. The molecule has 2 heterocycles. The minimum absolute atomic E-state index is 0.569. The normalized spacial score (nSPS) is 11.1. The number of nitrogens with zero attached hydrogens (tertiary/aromatic N) is 3. The van der Waals surface area contributed by atoms with E-state index in [0.717, 1.165) is 35.1 Å². The largest absolute Gasteiger partial charge is 0.330 e. The highest BCUT2D eigenvalue weighted by molar-refractivity contribution is 6.30. The Hall–Kier alpha value is -1.87. The van der Waals surface area contributed by atoms with Gasteiger partial charge in [-0.25, -0.2) is 9.97 Å². The van der Waals surface area contributed by atoms with E-state index in [1.165, 1.54) is 0 Å². The first-order chi connectivity index (χ1) is 9.78. The van der Waals surface area contributed by atoms with Crippen molar-refractivity contribution in [2.24, 2.45) is 0 Å². The van der Waals surface area contributed by atoms with Gasteiger partial charge in [-0.3, -0.25) is 0 Å². The molecule has 20 heavy (non-hydrogen) atoms. The Morgan fingerprint density at radius 1 is 1.25 bits per heavy atom. The van der Waals surface area contributed by atoms with Crippen LogP contribution in [0.5, 0.6) is 0 Å². The lowest BCUT2D eigenvalue weighted by molar-refractivity contribution is 0.704. The number of pyridine rings is 1. The molecule has 0 spiro atoms. The van der Waals surface area contributed by atoms with Crippen LogP contribution in [0.3, 0.4) is 0 Å². The first-order valence-electron chi connectivity index (χ1n) is 6.82. The van der Waals surface area contributed by atoms with Gasteiger partial charge in [-0.05, 0) is 18.6 Å². The molecule has 4 heteroatoms. The van der Waals surface area contributed by atoms with Crippen molar-refractivity contribution in [2.45, 2.75) is 26.3 Å². The highest BCUT2D eigenvalue weighted by Gasteiger charge is 2.08. The quantitative estimate of drug-likeness (QED) is 0.676. The molecule has 1 aromatic carbocycles. The first kappa shape index (κ1) is 13.1. The summed E-state index contributed by atoms with van der Waals surface area (Å²) in [4.78, 5) is 8.86. The Kier molecular flexibility index (Phi) is 3.70. The van der Waals surface area contributed by atoms with E-state index in [0.29, 0.717) is 11.7 Å². The van der Waals surface area contributed by atoms with Crippen molar-refractivity contribution in [2.75, 3.05) is 0 Å². The van der Waals surface area contributed by atoms with E-state index >= 15 is 0 Å². The standard InChI is InChI=1S/C16H16ClN3/c1-2-5-15-18-8-9-20(15)11-13-10-12-6-3-4-7-14(12)19-16(13)17/h3-4,6-10H,2,5,11H2,1H3. The van der Waals surface area contributed by atoms with Gasteiger partial charge >= 0.3 is 0 Å². The van der Waals surface area contributed by atoms with Crippen LogP contribution in [-0.4, -0.2) is 14.5 Å². The summed E-state index contributed by atoms with van der Waals surface area (Å²) in [6, 6.07) is 10.1. The summed E-state index contributed by atoms with van der Waals surface area (Å²) in [5.41, 5.74) is 1.96. The van der Waals surface area contributed by atoms with Gasteiger partial charge in [-0.15, -0.1) is 0 Å². The maximum atomic E-state index is 6.30. The van der Waals surface area contributed by atoms with Gasteiger partial charge in [0.15, 0.2) is 0 Å². The van der Waals surface area contributed by atoms with E-state index in [-0.39, 0.29) is 0 Å². The van der Waals surface area contributed by atoms with Gasteiger partial charge < -0.3 is 4.57 Å². The van der Waals surface area contributed by atoms with Gasteiger partial charge in [0.2, 0.25) is 0 Å². The molecule has 0 N–H and O–H groups in total. The number of aromatic nitrogens is 3. The monoisotopic (exact) mass is 285 g/mol. The maximum Gasteiger partial charge on any atom is 0.134 e. The van der Waals surface area contributed by atoms with Crippen LogP contribution >= 0.6 is 11.6 Å². The molecule has 0 atom stereocenters. The molecule has 0 radical (unpaired) electrons. The number of para-hydroxylation sites is 1. The van der Waals surface area contributed by atoms with Gasteiger partial charge in [0.05, 0.1) is 12.1 Å². The van der Waals surface area contributed by atoms with Crippen molar-refractivity contribution in [1.82, 2.24) is 14.5 Å². The van der Waals surface area contributed by atoms with Crippen molar-refractivity contribution >= 4 is 22.5 Å². The van der Waals surface area contributed by atoms with Crippen LogP contribution in [0.25, 0.3) is 10.9 Å². The molecule has 2 aromatic heterocycles. The molecular weight excluding hydrogens is 270 g/mol. The summed E-state index contributed by atoms with van der Waals surface area (Å²) >= 11 is 6.30. The van der Waals surface area contributed by atoms with Crippen LogP contribution in [0.4, 0.5) is 0 Å². The van der Waals surface area contributed by atoms with E-state index in [1.54, 1.807) is 0 Å². The second-order valence-electron chi connectivity index (χ2n) is 4.85. The lowest BCUT2D eigenvalue weighted by Gasteiger charge is -2.09. The van der Waals surface area contributed by atoms with Crippen LogP contribution in [-0.2, 0) is 13.0 Å². The van der Waals surface area contributed by atoms with Crippen molar-refractivity contribution in [3.63, 3.8) is 0 Å². The summed E-state index contributed by atoms with van der Waals surface area (Å²) in [6.45, 7) is 2.87. The lowest BCUT2D eigenvalue weighted by atomic mass is 10.1. The number of halogens is 1. The number of hydrogen-bond acceptors (Lipinski definition) is 2. The Labute approximate surface area is 123 Å². The molecule has 0 saturated heterocycles. The molecule has 0 saturated carbocycles.